The lowest BCUT2D eigenvalue weighted by atomic mass is 10.0. The first kappa shape index (κ1) is 7.40. The molecule has 1 N–H and O–H groups in total. The van der Waals surface area contributed by atoms with Gasteiger partial charge in [0.2, 0.25) is 0 Å². The number of nitriles is 1. The van der Waals surface area contributed by atoms with E-state index < -0.39 is 0 Å². The number of nitrogens with zero attached hydrogens (tertiary/aromatic N) is 1. The fraction of sp³-hybridized carbons (Fsp3) is 0.875. The fourth-order valence-corrected chi connectivity index (χ4v) is 1.62. The predicted octanol–water partition coefficient (Wildman–Crippen LogP) is 1.49. The zero-order valence-electron chi connectivity index (χ0n) is 7.02. The van der Waals surface area contributed by atoms with E-state index >= 15 is 0 Å². The second-order valence-corrected chi connectivity index (χ2v) is 4.13. The first-order valence-electron chi connectivity index (χ1n) is 3.59. The van der Waals surface area contributed by atoms with Crippen molar-refractivity contribution in [1.82, 2.24) is 5.32 Å². The molecular weight excluding hydrogens is 124 g/mol. The van der Waals surface area contributed by atoms with Crippen LogP contribution in [0.25, 0.3) is 0 Å². The van der Waals surface area contributed by atoms with E-state index in [4.69, 9.17) is 5.26 Å². The van der Waals surface area contributed by atoms with Crippen molar-refractivity contribution in [3.8, 4) is 6.19 Å². The summed E-state index contributed by atoms with van der Waals surface area (Å²) < 4.78 is 0. The molecule has 2 nitrogen and oxygen atoms in total. The minimum Gasteiger partial charge on any atom is -0.320 e. The van der Waals surface area contributed by atoms with Crippen molar-refractivity contribution in [2.75, 3.05) is 0 Å². The summed E-state index contributed by atoms with van der Waals surface area (Å²) in [7, 11) is 0. The molecule has 1 aliphatic rings. The molecule has 0 atom stereocenters. The van der Waals surface area contributed by atoms with Gasteiger partial charge in [0.05, 0.1) is 0 Å². The molecule has 0 aliphatic heterocycles. The molecule has 0 radical (unpaired) electrons. The van der Waals surface area contributed by atoms with E-state index in [1.807, 2.05) is 6.19 Å². The number of hydrogen-bond donors (Lipinski definition) is 1. The summed E-state index contributed by atoms with van der Waals surface area (Å²) in [4.78, 5) is 0. The van der Waals surface area contributed by atoms with Crippen LogP contribution in [-0.4, -0.2) is 6.04 Å². The molecular formula is C8H14N2. The lowest BCUT2D eigenvalue weighted by molar-refractivity contribution is 0.457. The van der Waals surface area contributed by atoms with Gasteiger partial charge in [0.25, 0.3) is 0 Å². The summed E-state index contributed by atoms with van der Waals surface area (Å²) >= 11 is 0. The Bertz CT molecular complexity index is 172. The molecule has 1 fully saturated rings. The summed E-state index contributed by atoms with van der Waals surface area (Å²) in [5.41, 5.74) is 0.561. The van der Waals surface area contributed by atoms with Crippen molar-refractivity contribution >= 4 is 0 Å². The molecule has 1 saturated carbocycles. The lowest BCUT2D eigenvalue weighted by Gasteiger charge is -2.02. The van der Waals surface area contributed by atoms with Crippen LogP contribution < -0.4 is 5.32 Å². The van der Waals surface area contributed by atoms with Crippen LogP contribution in [0.3, 0.4) is 0 Å². The van der Waals surface area contributed by atoms with Crippen molar-refractivity contribution in [1.29, 1.82) is 5.26 Å². The van der Waals surface area contributed by atoms with Gasteiger partial charge in [-0.05, 0) is 10.8 Å². The van der Waals surface area contributed by atoms with Crippen molar-refractivity contribution in [3.63, 3.8) is 0 Å². The standard InChI is InChI=1S/C8H14N2/c1-7(2)6(10-5-9)8(7,3)4/h6,10H,1-4H3. The Morgan fingerprint density at radius 1 is 1.20 bits per heavy atom. The van der Waals surface area contributed by atoms with E-state index in [1.165, 1.54) is 0 Å². The van der Waals surface area contributed by atoms with E-state index in [0.29, 0.717) is 6.04 Å². The highest BCUT2D eigenvalue weighted by atomic mass is 15.0. The molecule has 1 rings (SSSR count). The van der Waals surface area contributed by atoms with Gasteiger partial charge in [-0.3, -0.25) is 0 Å². The average molecular weight is 138 g/mol. The van der Waals surface area contributed by atoms with Gasteiger partial charge in [0.15, 0.2) is 6.19 Å². The maximum atomic E-state index is 8.38. The van der Waals surface area contributed by atoms with Crippen LogP contribution in [0.15, 0.2) is 0 Å². The van der Waals surface area contributed by atoms with Crippen LogP contribution in [0.1, 0.15) is 27.7 Å². The van der Waals surface area contributed by atoms with Gasteiger partial charge in [0.1, 0.15) is 0 Å². The lowest BCUT2D eigenvalue weighted by Crippen LogP contribution is -2.15. The maximum absolute atomic E-state index is 8.38. The van der Waals surface area contributed by atoms with Crippen molar-refractivity contribution in [2.45, 2.75) is 33.7 Å². The van der Waals surface area contributed by atoms with Gasteiger partial charge in [0, 0.05) is 6.04 Å². The van der Waals surface area contributed by atoms with Gasteiger partial charge in [-0.15, -0.1) is 0 Å². The minimum absolute atomic E-state index is 0.280. The summed E-state index contributed by atoms with van der Waals surface area (Å²) in [6.07, 6.45) is 1.99. The van der Waals surface area contributed by atoms with E-state index in [2.05, 4.69) is 33.0 Å². The van der Waals surface area contributed by atoms with Crippen molar-refractivity contribution in [3.05, 3.63) is 0 Å². The second-order valence-electron chi connectivity index (χ2n) is 4.13. The van der Waals surface area contributed by atoms with Crippen LogP contribution in [0, 0.1) is 22.3 Å². The Kier molecular flexibility index (Phi) is 1.23. The summed E-state index contributed by atoms with van der Waals surface area (Å²) in [5.74, 6) is 0. The topological polar surface area (TPSA) is 35.8 Å². The van der Waals surface area contributed by atoms with E-state index in [0.717, 1.165) is 0 Å². The van der Waals surface area contributed by atoms with Crippen molar-refractivity contribution < 1.29 is 0 Å². The van der Waals surface area contributed by atoms with Crippen LogP contribution in [0.5, 0.6) is 0 Å². The van der Waals surface area contributed by atoms with Crippen LogP contribution >= 0.6 is 0 Å². The first-order valence-corrected chi connectivity index (χ1v) is 3.59. The summed E-state index contributed by atoms with van der Waals surface area (Å²) in [6.45, 7) is 8.73. The molecule has 1 aliphatic carbocycles. The van der Waals surface area contributed by atoms with Gasteiger partial charge in [-0.25, -0.2) is 0 Å². The molecule has 0 saturated heterocycles. The van der Waals surface area contributed by atoms with Crippen molar-refractivity contribution in [2.24, 2.45) is 10.8 Å². The predicted molar refractivity (Wildman–Crippen MR) is 40.1 cm³/mol. The number of nitrogens with one attached hydrogen (secondary N) is 1. The molecule has 0 bridgehead atoms. The average Bonchev–Trinajstić information content (AvgIpc) is 2.13. The Hall–Kier alpha value is -0.710. The molecule has 0 amide bonds. The molecule has 0 heterocycles. The smallest absolute Gasteiger partial charge is 0.176 e. The van der Waals surface area contributed by atoms with Crippen LogP contribution in [0.2, 0.25) is 0 Å². The minimum atomic E-state index is 0.280. The Morgan fingerprint density at radius 2 is 1.60 bits per heavy atom. The Labute approximate surface area is 62.2 Å². The third kappa shape index (κ3) is 0.636. The molecule has 0 aromatic rings. The van der Waals surface area contributed by atoms with Gasteiger partial charge in [-0.2, -0.15) is 5.26 Å². The molecule has 56 valence electrons. The van der Waals surface area contributed by atoms with Gasteiger partial charge < -0.3 is 5.32 Å². The molecule has 0 aromatic heterocycles. The first-order chi connectivity index (χ1) is 4.44. The zero-order chi connectivity index (χ0) is 7.99. The van der Waals surface area contributed by atoms with Gasteiger partial charge >= 0.3 is 0 Å². The SMILES string of the molecule is CC1(C)C(NC#N)C1(C)C. The summed E-state index contributed by atoms with van der Waals surface area (Å²) in [6, 6.07) is 0.366. The van der Waals surface area contributed by atoms with E-state index in [9.17, 15) is 0 Å². The molecule has 0 aromatic carbocycles. The number of hydrogen-bond acceptors (Lipinski definition) is 2. The Balaban J connectivity index is 2.65. The fourth-order valence-electron chi connectivity index (χ4n) is 1.62. The molecule has 0 unspecified atom stereocenters. The monoisotopic (exact) mass is 138 g/mol. The van der Waals surface area contributed by atoms with Crippen LogP contribution in [0.4, 0.5) is 0 Å². The van der Waals surface area contributed by atoms with Crippen LogP contribution in [-0.2, 0) is 0 Å². The van der Waals surface area contributed by atoms with E-state index in [1.54, 1.807) is 0 Å². The largest absolute Gasteiger partial charge is 0.320 e. The highest BCUT2D eigenvalue weighted by Crippen LogP contribution is 2.62. The second kappa shape index (κ2) is 1.66. The highest BCUT2D eigenvalue weighted by molar-refractivity contribution is 5.19. The highest BCUT2D eigenvalue weighted by Gasteiger charge is 2.65. The maximum Gasteiger partial charge on any atom is 0.176 e. The summed E-state index contributed by atoms with van der Waals surface area (Å²) in [5, 5.41) is 11.2. The Morgan fingerprint density at radius 3 is 1.70 bits per heavy atom. The van der Waals surface area contributed by atoms with E-state index in [-0.39, 0.29) is 10.8 Å². The zero-order valence-corrected chi connectivity index (χ0v) is 7.02. The third-order valence-electron chi connectivity index (χ3n) is 3.23. The number of rotatable bonds is 1. The molecule has 0 spiro atoms. The normalized spacial score (nSPS) is 27.1. The third-order valence-corrected chi connectivity index (χ3v) is 3.23. The molecule has 10 heavy (non-hydrogen) atoms. The molecule has 2 heteroatoms. The van der Waals surface area contributed by atoms with Gasteiger partial charge in [-0.1, -0.05) is 27.7 Å². The quantitative estimate of drug-likeness (QED) is 0.440.